The topological polar surface area (TPSA) is 60.3 Å². The first-order valence-corrected chi connectivity index (χ1v) is 8.03. The molecule has 0 aliphatic rings. The van der Waals surface area contributed by atoms with Crippen molar-refractivity contribution in [3.8, 4) is 0 Å². The lowest BCUT2D eigenvalue weighted by Crippen LogP contribution is -2.28. The minimum Gasteiger partial charge on any atom is -0.452 e. The molecule has 118 valence electrons. The summed E-state index contributed by atoms with van der Waals surface area (Å²) in [5.74, 6) is -0.805. The van der Waals surface area contributed by atoms with Crippen LogP contribution in [0.3, 0.4) is 0 Å². The zero-order chi connectivity index (χ0) is 16.2. The van der Waals surface area contributed by atoms with Gasteiger partial charge in [0.1, 0.15) is 0 Å². The maximum absolute atomic E-state index is 12.2. The standard InChI is InChI=1S/C17H16N2O3S/c1-19-10-14(13-6-2-3-7-15(13)19)17(21)22-11-16(20)18-9-12-5-4-8-23-12/h2-8,10H,9,11H2,1H3,(H,18,20). The van der Waals surface area contributed by atoms with Crippen LogP contribution in [0.25, 0.3) is 10.9 Å². The van der Waals surface area contributed by atoms with Gasteiger partial charge in [0.2, 0.25) is 0 Å². The number of hydrogen-bond acceptors (Lipinski definition) is 4. The average Bonchev–Trinajstić information content (AvgIpc) is 3.19. The second-order valence-corrected chi connectivity index (χ2v) is 6.14. The first-order chi connectivity index (χ1) is 11.1. The van der Waals surface area contributed by atoms with Gasteiger partial charge in [0.15, 0.2) is 6.61 Å². The van der Waals surface area contributed by atoms with E-state index in [-0.39, 0.29) is 12.5 Å². The van der Waals surface area contributed by atoms with E-state index in [0.29, 0.717) is 12.1 Å². The van der Waals surface area contributed by atoms with Crippen LogP contribution in [0.4, 0.5) is 0 Å². The Morgan fingerprint density at radius 3 is 2.83 bits per heavy atom. The first-order valence-electron chi connectivity index (χ1n) is 7.15. The lowest BCUT2D eigenvalue weighted by atomic mass is 10.2. The number of esters is 1. The molecule has 0 bridgehead atoms. The molecule has 0 aliphatic carbocycles. The second kappa shape index (κ2) is 6.66. The molecule has 0 aliphatic heterocycles. The van der Waals surface area contributed by atoms with E-state index >= 15 is 0 Å². The number of aromatic nitrogens is 1. The third-order valence-corrected chi connectivity index (χ3v) is 4.37. The van der Waals surface area contributed by atoms with Crippen LogP contribution in [0.5, 0.6) is 0 Å². The highest BCUT2D eigenvalue weighted by atomic mass is 32.1. The first kappa shape index (κ1) is 15.3. The fourth-order valence-electron chi connectivity index (χ4n) is 2.36. The molecule has 0 saturated carbocycles. The van der Waals surface area contributed by atoms with Gasteiger partial charge in [-0.3, -0.25) is 4.79 Å². The molecule has 23 heavy (non-hydrogen) atoms. The van der Waals surface area contributed by atoms with Crippen molar-refractivity contribution in [3.63, 3.8) is 0 Å². The van der Waals surface area contributed by atoms with Crippen molar-refractivity contribution >= 4 is 34.1 Å². The molecule has 1 N–H and O–H groups in total. The number of nitrogens with one attached hydrogen (secondary N) is 1. The lowest BCUT2D eigenvalue weighted by Gasteiger charge is -2.05. The van der Waals surface area contributed by atoms with Crippen molar-refractivity contribution in [2.75, 3.05) is 6.61 Å². The highest BCUT2D eigenvalue weighted by molar-refractivity contribution is 7.09. The molecule has 5 nitrogen and oxygen atoms in total. The molecule has 1 amide bonds. The Balaban J connectivity index is 1.59. The number of carbonyl (C=O) groups is 2. The van der Waals surface area contributed by atoms with Gasteiger partial charge in [-0.2, -0.15) is 0 Å². The lowest BCUT2D eigenvalue weighted by molar-refractivity contribution is -0.124. The zero-order valence-electron chi connectivity index (χ0n) is 12.6. The summed E-state index contributed by atoms with van der Waals surface area (Å²) in [6, 6.07) is 11.4. The van der Waals surface area contributed by atoms with Crippen LogP contribution in [0, 0.1) is 0 Å². The summed E-state index contributed by atoms with van der Waals surface area (Å²) in [5.41, 5.74) is 1.41. The summed E-state index contributed by atoms with van der Waals surface area (Å²) in [7, 11) is 1.87. The number of ether oxygens (including phenoxy) is 1. The summed E-state index contributed by atoms with van der Waals surface area (Å²) < 4.78 is 6.98. The number of para-hydroxylation sites is 1. The molecule has 0 radical (unpaired) electrons. The third kappa shape index (κ3) is 3.43. The van der Waals surface area contributed by atoms with Crippen molar-refractivity contribution in [3.05, 3.63) is 58.4 Å². The molecule has 0 spiro atoms. The summed E-state index contributed by atoms with van der Waals surface area (Å²) in [5, 5.41) is 5.49. The molecule has 0 fully saturated rings. The number of nitrogens with zero attached hydrogens (tertiary/aromatic N) is 1. The largest absolute Gasteiger partial charge is 0.452 e. The molecule has 6 heteroatoms. The number of fused-ring (bicyclic) bond motifs is 1. The van der Waals surface area contributed by atoms with Crippen LogP contribution in [-0.2, 0) is 23.1 Å². The summed E-state index contributed by atoms with van der Waals surface area (Å²) >= 11 is 1.57. The van der Waals surface area contributed by atoms with E-state index in [1.807, 2.05) is 53.4 Å². The number of hydrogen-bond donors (Lipinski definition) is 1. The minimum absolute atomic E-state index is 0.284. The number of benzene rings is 1. The molecular formula is C17H16N2O3S. The van der Waals surface area contributed by atoms with Crippen LogP contribution < -0.4 is 5.32 Å². The predicted molar refractivity (Wildman–Crippen MR) is 89.4 cm³/mol. The van der Waals surface area contributed by atoms with Crippen molar-refractivity contribution in [2.45, 2.75) is 6.54 Å². The van der Waals surface area contributed by atoms with Gasteiger partial charge in [0.25, 0.3) is 5.91 Å². The van der Waals surface area contributed by atoms with Gasteiger partial charge in [-0.05, 0) is 17.5 Å². The van der Waals surface area contributed by atoms with E-state index < -0.39 is 5.97 Å². The highest BCUT2D eigenvalue weighted by Crippen LogP contribution is 2.20. The van der Waals surface area contributed by atoms with E-state index in [1.165, 1.54) is 0 Å². The van der Waals surface area contributed by atoms with E-state index in [2.05, 4.69) is 5.32 Å². The quantitative estimate of drug-likeness (QED) is 0.733. The molecular weight excluding hydrogens is 312 g/mol. The summed E-state index contributed by atoms with van der Waals surface area (Å²) in [4.78, 5) is 25.0. The number of aryl methyl sites for hydroxylation is 1. The molecule has 2 aromatic heterocycles. The van der Waals surface area contributed by atoms with Crippen molar-refractivity contribution in [2.24, 2.45) is 7.05 Å². The maximum Gasteiger partial charge on any atom is 0.340 e. The van der Waals surface area contributed by atoms with Crippen LogP contribution >= 0.6 is 11.3 Å². The molecule has 3 rings (SSSR count). The Hall–Kier alpha value is -2.60. The van der Waals surface area contributed by atoms with E-state index in [4.69, 9.17) is 4.74 Å². The van der Waals surface area contributed by atoms with Crippen molar-refractivity contribution in [1.82, 2.24) is 9.88 Å². The Labute approximate surface area is 137 Å². The Kier molecular flexibility index (Phi) is 4.43. The van der Waals surface area contributed by atoms with Gasteiger partial charge >= 0.3 is 5.97 Å². The molecule has 0 unspecified atom stereocenters. The molecule has 0 saturated heterocycles. The Bertz CT molecular complexity index is 837. The van der Waals surface area contributed by atoms with Gasteiger partial charge in [-0.15, -0.1) is 11.3 Å². The minimum atomic E-state index is -0.493. The van der Waals surface area contributed by atoms with Gasteiger partial charge < -0.3 is 14.6 Å². The van der Waals surface area contributed by atoms with Gasteiger partial charge in [0, 0.05) is 29.0 Å². The zero-order valence-corrected chi connectivity index (χ0v) is 13.4. The van der Waals surface area contributed by atoms with E-state index in [0.717, 1.165) is 15.8 Å². The van der Waals surface area contributed by atoms with Crippen molar-refractivity contribution < 1.29 is 14.3 Å². The highest BCUT2D eigenvalue weighted by Gasteiger charge is 2.16. The number of thiophene rings is 1. The van der Waals surface area contributed by atoms with Crippen LogP contribution in [0.1, 0.15) is 15.2 Å². The average molecular weight is 328 g/mol. The maximum atomic E-state index is 12.2. The van der Waals surface area contributed by atoms with Gasteiger partial charge in [0.05, 0.1) is 12.1 Å². The fourth-order valence-corrected chi connectivity index (χ4v) is 3.01. The molecule has 0 atom stereocenters. The SMILES string of the molecule is Cn1cc(C(=O)OCC(=O)NCc2cccs2)c2ccccc21. The van der Waals surface area contributed by atoms with Gasteiger partial charge in [-0.1, -0.05) is 24.3 Å². The fraction of sp³-hybridized carbons (Fsp3) is 0.176. The third-order valence-electron chi connectivity index (χ3n) is 3.49. The van der Waals surface area contributed by atoms with Crippen LogP contribution in [0.2, 0.25) is 0 Å². The number of amides is 1. The van der Waals surface area contributed by atoms with Crippen LogP contribution in [-0.4, -0.2) is 23.1 Å². The van der Waals surface area contributed by atoms with Gasteiger partial charge in [-0.25, -0.2) is 4.79 Å². The van der Waals surface area contributed by atoms with Crippen LogP contribution in [0.15, 0.2) is 48.0 Å². The monoisotopic (exact) mass is 328 g/mol. The number of rotatable bonds is 5. The van der Waals surface area contributed by atoms with E-state index in [9.17, 15) is 9.59 Å². The van der Waals surface area contributed by atoms with Crippen molar-refractivity contribution in [1.29, 1.82) is 0 Å². The normalized spacial score (nSPS) is 10.7. The molecule has 2 heterocycles. The summed E-state index contributed by atoms with van der Waals surface area (Å²) in [6.07, 6.45) is 1.72. The molecule has 1 aromatic carbocycles. The number of carbonyl (C=O) groups excluding carboxylic acids is 2. The van der Waals surface area contributed by atoms with E-state index in [1.54, 1.807) is 17.5 Å². The molecule has 3 aromatic rings. The smallest absolute Gasteiger partial charge is 0.340 e. The Morgan fingerprint density at radius 1 is 1.22 bits per heavy atom. The predicted octanol–water partition coefficient (Wildman–Crippen LogP) is 2.71. The second-order valence-electron chi connectivity index (χ2n) is 5.10. The Morgan fingerprint density at radius 2 is 2.04 bits per heavy atom. The summed E-state index contributed by atoms with van der Waals surface area (Å²) in [6.45, 7) is 0.162.